The highest BCUT2D eigenvalue weighted by atomic mass is 32.2. The molecule has 2 N–H and O–H groups in total. The molecule has 1 heterocycles. The number of fused-ring (bicyclic) bond motifs is 1. The Balaban J connectivity index is 1.49. The Labute approximate surface area is 157 Å². The predicted octanol–water partition coefficient (Wildman–Crippen LogP) is 2.95. The van der Waals surface area contributed by atoms with Crippen molar-refractivity contribution in [1.82, 2.24) is 0 Å². The SMILES string of the molecule is O=C(COC(=O)CC1Sc2ccccc2NC1=O)Nc1ccc(F)cc1F. The molecule has 1 atom stereocenters. The van der Waals surface area contributed by atoms with Crippen LogP contribution in [0.3, 0.4) is 0 Å². The van der Waals surface area contributed by atoms with E-state index < -0.39 is 35.4 Å². The highest BCUT2D eigenvalue weighted by Crippen LogP contribution is 2.36. The summed E-state index contributed by atoms with van der Waals surface area (Å²) in [5.41, 5.74) is 0.453. The Morgan fingerprint density at radius 1 is 1.19 bits per heavy atom. The van der Waals surface area contributed by atoms with Crippen LogP contribution < -0.4 is 10.6 Å². The number of halogens is 2. The summed E-state index contributed by atoms with van der Waals surface area (Å²) in [6, 6.07) is 9.86. The van der Waals surface area contributed by atoms with Gasteiger partial charge in [-0.25, -0.2) is 8.78 Å². The van der Waals surface area contributed by atoms with Crippen molar-refractivity contribution >= 4 is 40.9 Å². The van der Waals surface area contributed by atoms with Crippen molar-refractivity contribution in [1.29, 1.82) is 0 Å². The van der Waals surface area contributed by atoms with Gasteiger partial charge < -0.3 is 15.4 Å². The molecule has 0 saturated carbocycles. The molecule has 0 bridgehead atoms. The Morgan fingerprint density at radius 3 is 2.74 bits per heavy atom. The molecule has 2 aromatic rings. The molecule has 0 fully saturated rings. The molecule has 9 heteroatoms. The molecular weight excluding hydrogens is 378 g/mol. The molecule has 0 radical (unpaired) electrons. The zero-order chi connectivity index (χ0) is 19.4. The van der Waals surface area contributed by atoms with Crippen molar-refractivity contribution in [3.63, 3.8) is 0 Å². The molecule has 6 nitrogen and oxygen atoms in total. The van der Waals surface area contributed by atoms with E-state index in [-0.39, 0.29) is 18.0 Å². The maximum Gasteiger partial charge on any atom is 0.307 e. The Hall–Kier alpha value is -2.94. The van der Waals surface area contributed by atoms with Crippen LogP contribution in [0.25, 0.3) is 0 Å². The van der Waals surface area contributed by atoms with Crippen LogP contribution in [0.5, 0.6) is 0 Å². The fourth-order valence-corrected chi connectivity index (χ4v) is 3.46. The maximum absolute atomic E-state index is 13.5. The Kier molecular flexibility index (Phi) is 5.70. The molecule has 0 aromatic heterocycles. The molecule has 1 aliphatic rings. The molecule has 3 rings (SSSR count). The van der Waals surface area contributed by atoms with E-state index in [0.717, 1.165) is 17.0 Å². The summed E-state index contributed by atoms with van der Waals surface area (Å²) in [5.74, 6) is -3.56. The van der Waals surface area contributed by atoms with Gasteiger partial charge in [0.1, 0.15) is 11.6 Å². The van der Waals surface area contributed by atoms with Gasteiger partial charge in [-0.2, -0.15) is 0 Å². The molecule has 27 heavy (non-hydrogen) atoms. The summed E-state index contributed by atoms with van der Waals surface area (Å²) in [5, 5.41) is 4.20. The number of benzene rings is 2. The van der Waals surface area contributed by atoms with E-state index in [1.807, 2.05) is 12.1 Å². The van der Waals surface area contributed by atoms with Crippen LogP contribution in [-0.2, 0) is 19.1 Å². The van der Waals surface area contributed by atoms with Gasteiger partial charge in [-0.05, 0) is 24.3 Å². The number of ether oxygens (including phenoxy) is 1. The number of carbonyl (C=O) groups excluding carboxylic acids is 3. The third-order valence-corrected chi connectivity index (χ3v) is 4.90. The molecule has 2 aromatic carbocycles. The Bertz CT molecular complexity index is 907. The van der Waals surface area contributed by atoms with E-state index in [0.29, 0.717) is 11.8 Å². The lowest BCUT2D eigenvalue weighted by Crippen LogP contribution is -2.32. The lowest BCUT2D eigenvalue weighted by atomic mass is 10.2. The molecule has 0 spiro atoms. The van der Waals surface area contributed by atoms with E-state index >= 15 is 0 Å². The average molecular weight is 392 g/mol. The van der Waals surface area contributed by atoms with E-state index in [1.165, 1.54) is 11.8 Å². The van der Waals surface area contributed by atoms with Crippen LogP contribution in [0.2, 0.25) is 0 Å². The van der Waals surface area contributed by atoms with Gasteiger partial charge in [0.2, 0.25) is 5.91 Å². The Morgan fingerprint density at radius 2 is 1.96 bits per heavy atom. The smallest absolute Gasteiger partial charge is 0.307 e. The number of para-hydroxylation sites is 1. The van der Waals surface area contributed by atoms with Gasteiger partial charge in [-0.1, -0.05) is 12.1 Å². The zero-order valence-corrected chi connectivity index (χ0v) is 14.6. The topological polar surface area (TPSA) is 84.5 Å². The van der Waals surface area contributed by atoms with Crippen LogP contribution in [-0.4, -0.2) is 29.6 Å². The molecule has 0 aliphatic carbocycles. The number of hydrogen-bond acceptors (Lipinski definition) is 5. The first-order valence-electron chi connectivity index (χ1n) is 7.89. The highest BCUT2D eigenvalue weighted by Gasteiger charge is 2.29. The first kappa shape index (κ1) is 18.8. The van der Waals surface area contributed by atoms with Gasteiger partial charge >= 0.3 is 5.97 Å². The number of thioether (sulfide) groups is 1. The minimum atomic E-state index is -0.941. The van der Waals surface area contributed by atoms with Gasteiger partial charge in [0.15, 0.2) is 6.61 Å². The van der Waals surface area contributed by atoms with E-state index in [9.17, 15) is 23.2 Å². The molecule has 140 valence electrons. The minimum Gasteiger partial charge on any atom is -0.456 e. The van der Waals surface area contributed by atoms with E-state index in [4.69, 9.17) is 4.74 Å². The van der Waals surface area contributed by atoms with E-state index in [2.05, 4.69) is 10.6 Å². The van der Waals surface area contributed by atoms with Gasteiger partial charge in [0.05, 0.1) is 23.0 Å². The fraction of sp³-hybridized carbons (Fsp3) is 0.167. The zero-order valence-electron chi connectivity index (χ0n) is 13.8. The second-order valence-electron chi connectivity index (χ2n) is 5.63. The van der Waals surface area contributed by atoms with E-state index in [1.54, 1.807) is 12.1 Å². The lowest BCUT2D eigenvalue weighted by Gasteiger charge is -2.23. The largest absolute Gasteiger partial charge is 0.456 e. The first-order chi connectivity index (χ1) is 12.9. The first-order valence-corrected chi connectivity index (χ1v) is 8.77. The quantitative estimate of drug-likeness (QED) is 0.765. The summed E-state index contributed by atoms with van der Waals surface area (Å²) in [6.07, 6.45) is -0.219. The molecular formula is C18H14F2N2O4S. The monoisotopic (exact) mass is 392 g/mol. The summed E-state index contributed by atoms with van der Waals surface area (Å²) in [4.78, 5) is 36.5. The van der Waals surface area contributed by atoms with Crippen LogP contribution in [0, 0.1) is 11.6 Å². The number of carbonyl (C=O) groups is 3. The van der Waals surface area contributed by atoms with Crippen LogP contribution in [0.4, 0.5) is 20.2 Å². The normalized spacial score (nSPS) is 15.5. The summed E-state index contributed by atoms with van der Waals surface area (Å²) in [6.45, 7) is -0.648. The van der Waals surface area contributed by atoms with Crippen molar-refractivity contribution < 1.29 is 27.9 Å². The summed E-state index contributed by atoms with van der Waals surface area (Å²) in [7, 11) is 0. The van der Waals surface area contributed by atoms with Gasteiger partial charge in [0, 0.05) is 11.0 Å². The average Bonchev–Trinajstić information content (AvgIpc) is 2.63. The number of hydrogen-bond donors (Lipinski definition) is 2. The third kappa shape index (κ3) is 4.82. The lowest BCUT2D eigenvalue weighted by molar-refractivity contribution is -0.147. The fourth-order valence-electron chi connectivity index (χ4n) is 2.36. The van der Waals surface area contributed by atoms with Crippen molar-refractivity contribution in [2.75, 3.05) is 17.2 Å². The molecule has 1 unspecified atom stereocenters. The second-order valence-corrected chi connectivity index (χ2v) is 6.87. The number of anilines is 2. The molecule has 2 amide bonds. The van der Waals surface area contributed by atoms with Crippen molar-refractivity contribution in [2.24, 2.45) is 0 Å². The number of esters is 1. The van der Waals surface area contributed by atoms with Crippen molar-refractivity contribution in [3.8, 4) is 0 Å². The predicted molar refractivity (Wildman–Crippen MR) is 95.3 cm³/mol. The second kappa shape index (κ2) is 8.17. The van der Waals surface area contributed by atoms with Crippen LogP contribution in [0.15, 0.2) is 47.4 Å². The standard InChI is InChI=1S/C18H14F2N2O4S/c19-10-5-6-12(11(20)7-10)21-16(23)9-26-17(24)8-15-18(25)22-13-3-1-2-4-14(13)27-15/h1-7,15H,8-9H2,(H,21,23)(H,22,25). The minimum absolute atomic E-state index is 0.219. The van der Waals surface area contributed by atoms with Gasteiger partial charge in [-0.3, -0.25) is 14.4 Å². The number of nitrogens with one attached hydrogen (secondary N) is 2. The molecule has 0 saturated heterocycles. The van der Waals surface area contributed by atoms with Crippen LogP contribution in [0.1, 0.15) is 6.42 Å². The highest BCUT2D eigenvalue weighted by molar-refractivity contribution is 8.01. The van der Waals surface area contributed by atoms with Crippen molar-refractivity contribution in [3.05, 3.63) is 54.1 Å². The van der Waals surface area contributed by atoms with Crippen molar-refractivity contribution in [2.45, 2.75) is 16.6 Å². The summed E-state index contributed by atoms with van der Waals surface area (Å²) < 4.78 is 31.1. The van der Waals surface area contributed by atoms with Crippen LogP contribution >= 0.6 is 11.8 Å². The summed E-state index contributed by atoms with van der Waals surface area (Å²) >= 11 is 1.24. The maximum atomic E-state index is 13.5. The van der Waals surface area contributed by atoms with Gasteiger partial charge in [0.25, 0.3) is 5.91 Å². The number of rotatable bonds is 5. The van der Waals surface area contributed by atoms with Gasteiger partial charge in [-0.15, -0.1) is 11.8 Å². The third-order valence-electron chi connectivity index (χ3n) is 3.63. The molecule has 1 aliphatic heterocycles. The number of amides is 2.